The highest BCUT2D eigenvalue weighted by Gasteiger charge is 2.44. The summed E-state index contributed by atoms with van der Waals surface area (Å²) in [5, 5.41) is 0. The summed E-state index contributed by atoms with van der Waals surface area (Å²) in [5.41, 5.74) is 0.687. The van der Waals surface area contributed by atoms with Crippen molar-refractivity contribution in [2.24, 2.45) is 0 Å². The van der Waals surface area contributed by atoms with Crippen molar-refractivity contribution in [3.63, 3.8) is 0 Å². The Kier molecular flexibility index (Phi) is 4.22. The zero-order chi connectivity index (χ0) is 19.2. The van der Waals surface area contributed by atoms with Crippen LogP contribution in [0.5, 0.6) is 17.2 Å². The first-order valence-corrected chi connectivity index (χ1v) is 9.97. The van der Waals surface area contributed by atoms with E-state index in [0.29, 0.717) is 17.1 Å². The lowest BCUT2D eigenvalue weighted by molar-refractivity contribution is 0.0863. The van der Waals surface area contributed by atoms with E-state index in [2.05, 4.69) is 0 Å². The van der Waals surface area contributed by atoms with Crippen molar-refractivity contribution in [2.75, 3.05) is 14.2 Å². The van der Waals surface area contributed by atoms with Crippen LogP contribution in [0.2, 0.25) is 0 Å². The van der Waals surface area contributed by atoms with Gasteiger partial charge in [-0.1, -0.05) is 18.2 Å². The molecule has 0 aromatic heterocycles. The summed E-state index contributed by atoms with van der Waals surface area (Å²) in [6, 6.07) is 10.0. The Balaban J connectivity index is 1.74. The number of fused-ring (bicyclic) bond motifs is 1. The van der Waals surface area contributed by atoms with Crippen LogP contribution in [-0.4, -0.2) is 39.0 Å². The van der Waals surface area contributed by atoms with E-state index in [9.17, 15) is 13.2 Å². The van der Waals surface area contributed by atoms with Crippen molar-refractivity contribution in [3.8, 4) is 17.2 Å². The van der Waals surface area contributed by atoms with E-state index in [4.69, 9.17) is 14.2 Å². The summed E-state index contributed by atoms with van der Waals surface area (Å²) >= 11 is 0. The SMILES string of the molecule is COc1cc(OC)c2c(c1)C(=O)N(Cc1ccccc1OC1CC1)S2(=O)=O. The molecular weight excluding hydrogens is 370 g/mol. The summed E-state index contributed by atoms with van der Waals surface area (Å²) in [7, 11) is -1.24. The van der Waals surface area contributed by atoms with Crippen molar-refractivity contribution >= 4 is 15.9 Å². The molecule has 1 fully saturated rings. The smallest absolute Gasteiger partial charge is 0.271 e. The molecule has 1 aliphatic heterocycles. The lowest BCUT2D eigenvalue weighted by Gasteiger charge is -2.18. The summed E-state index contributed by atoms with van der Waals surface area (Å²) in [5.74, 6) is 0.433. The van der Waals surface area contributed by atoms with Crippen LogP contribution in [0.3, 0.4) is 0 Å². The minimum absolute atomic E-state index is 0.0480. The van der Waals surface area contributed by atoms with Gasteiger partial charge in [-0.2, -0.15) is 0 Å². The molecule has 0 N–H and O–H groups in total. The summed E-state index contributed by atoms with van der Waals surface area (Å²) in [4.78, 5) is 12.8. The number of hydrogen-bond acceptors (Lipinski definition) is 6. The van der Waals surface area contributed by atoms with Crippen molar-refractivity contribution in [1.29, 1.82) is 0 Å². The number of para-hydroxylation sites is 1. The molecule has 2 aromatic carbocycles. The fraction of sp³-hybridized carbons (Fsp3) is 0.316. The Morgan fingerprint density at radius 1 is 1.07 bits per heavy atom. The third-order valence-electron chi connectivity index (χ3n) is 4.59. The molecule has 8 heteroatoms. The van der Waals surface area contributed by atoms with Gasteiger partial charge in [-0.15, -0.1) is 0 Å². The lowest BCUT2D eigenvalue weighted by Crippen LogP contribution is -2.29. The lowest BCUT2D eigenvalue weighted by atomic mass is 10.1. The number of rotatable bonds is 6. The first kappa shape index (κ1) is 17.7. The summed E-state index contributed by atoms with van der Waals surface area (Å²) in [6.45, 7) is -0.107. The Labute approximate surface area is 157 Å². The van der Waals surface area contributed by atoms with E-state index in [1.807, 2.05) is 6.07 Å². The molecule has 0 saturated heterocycles. The fourth-order valence-corrected chi connectivity index (χ4v) is 4.72. The van der Waals surface area contributed by atoms with Crippen molar-refractivity contribution in [1.82, 2.24) is 4.31 Å². The van der Waals surface area contributed by atoms with Crippen LogP contribution < -0.4 is 14.2 Å². The zero-order valence-corrected chi connectivity index (χ0v) is 15.8. The van der Waals surface area contributed by atoms with E-state index in [-0.39, 0.29) is 28.9 Å². The van der Waals surface area contributed by atoms with E-state index >= 15 is 0 Å². The third-order valence-corrected chi connectivity index (χ3v) is 6.41. The average molecular weight is 389 g/mol. The van der Waals surface area contributed by atoms with Crippen molar-refractivity contribution < 1.29 is 27.4 Å². The van der Waals surface area contributed by atoms with Gasteiger partial charge >= 0.3 is 0 Å². The predicted octanol–water partition coefficient (Wildman–Crippen LogP) is 2.59. The molecule has 0 spiro atoms. The fourth-order valence-electron chi connectivity index (χ4n) is 3.05. The Morgan fingerprint density at radius 2 is 1.81 bits per heavy atom. The maximum absolute atomic E-state index is 13.1. The van der Waals surface area contributed by atoms with Crippen LogP contribution >= 0.6 is 0 Å². The van der Waals surface area contributed by atoms with Gasteiger partial charge in [-0.3, -0.25) is 4.79 Å². The standard InChI is InChI=1S/C19H19NO6S/c1-24-14-9-15-18(17(10-14)25-2)27(22,23)20(19(15)21)11-12-5-3-4-6-16(12)26-13-7-8-13/h3-6,9-10,13H,7-8,11H2,1-2H3. The van der Waals surface area contributed by atoms with Gasteiger partial charge < -0.3 is 14.2 Å². The molecule has 2 aliphatic rings. The number of nitrogens with zero attached hydrogens (tertiary/aromatic N) is 1. The minimum atomic E-state index is -4.04. The van der Waals surface area contributed by atoms with E-state index in [0.717, 1.165) is 17.1 Å². The van der Waals surface area contributed by atoms with Crippen molar-refractivity contribution in [3.05, 3.63) is 47.5 Å². The quantitative estimate of drug-likeness (QED) is 0.755. The van der Waals surface area contributed by atoms with E-state index in [1.54, 1.807) is 18.2 Å². The van der Waals surface area contributed by atoms with Crippen LogP contribution in [-0.2, 0) is 16.6 Å². The number of sulfonamides is 1. The second-order valence-corrected chi connectivity index (χ2v) is 8.25. The first-order valence-electron chi connectivity index (χ1n) is 8.53. The van der Waals surface area contributed by atoms with Gasteiger partial charge in [0.15, 0.2) is 0 Å². The van der Waals surface area contributed by atoms with Gasteiger partial charge in [-0.05, 0) is 25.0 Å². The number of methoxy groups -OCH3 is 2. The van der Waals surface area contributed by atoms with Gasteiger partial charge in [0.05, 0.1) is 32.4 Å². The van der Waals surface area contributed by atoms with Gasteiger partial charge in [0.25, 0.3) is 15.9 Å². The molecule has 1 heterocycles. The van der Waals surface area contributed by atoms with Crippen LogP contribution in [0.4, 0.5) is 0 Å². The second kappa shape index (κ2) is 6.45. The molecule has 0 unspecified atom stereocenters. The highest BCUT2D eigenvalue weighted by atomic mass is 32.2. The number of amides is 1. The predicted molar refractivity (Wildman–Crippen MR) is 96.7 cm³/mol. The van der Waals surface area contributed by atoms with Crippen LogP contribution in [0, 0.1) is 0 Å². The number of benzene rings is 2. The van der Waals surface area contributed by atoms with Gasteiger partial charge in [-0.25, -0.2) is 12.7 Å². The maximum Gasteiger partial charge on any atom is 0.271 e. The van der Waals surface area contributed by atoms with Crippen LogP contribution in [0.25, 0.3) is 0 Å². The zero-order valence-electron chi connectivity index (χ0n) is 15.0. The summed E-state index contributed by atoms with van der Waals surface area (Å²) < 4.78 is 43.2. The molecule has 0 atom stereocenters. The monoisotopic (exact) mass is 389 g/mol. The number of hydrogen-bond donors (Lipinski definition) is 0. The molecule has 7 nitrogen and oxygen atoms in total. The number of carbonyl (C=O) groups excluding carboxylic acids is 1. The number of carbonyl (C=O) groups is 1. The third kappa shape index (κ3) is 2.99. The topological polar surface area (TPSA) is 82.1 Å². The first-order chi connectivity index (χ1) is 13.0. The Bertz CT molecular complexity index is 1010. The largest absolute Gasteiger partial charge is 0.497 e. The molecular formula is C19H19NO6S. The molecule has 142 valence electrons. The van der Waals surface area contributed by atoms with Gasteiger partial charge in [0, 0.05) is 11.6 Å². The number of ether oxygens (including phenoxy) is 3. The molecule has 2 aromatic rings. The molecule has 4 rings (SSSR count). The normalized spacial score (nSPS) is 17.6. The molecule has 1 aliphatic carbocycles. The molecule has 0 bridgehead atoms. The highest BCUT2D eigenvalue weighted by Crippen LogP contribution is 2.41. The molecule has 1 saturated carbocycles. The van der Waals surface area contributed by atoms with E-state index < -0.39 is 15.9 Å². The Morgan fingerprint density at radius 3 is 2.48 bits per heavy atom. The van der Waals surface area contributed by atoms with Gasteiger partial charge in [0.1, 0.15) is 22.1 Å². The van der Waals surface area contributed by atoms with Crippen LogP contribution in [0.1, 0.15) is 28.8 Å². The molecule has 0 radical (unpaired) electrons. The van der Waals surface area contributed by atoms with Crippen LogP contribution in [0.15, 0.2) is 41.3 Å². The molecule has 1 amide bonds. The highest BCUT2D eigenvalue weighted by molar-refractivity contribution is 7.90. The van der Waals surface area contributed by atoms with Gasteiger partial charge in [0.2, 0.25) is 0 Å². The minimum Gasteiger partial charge on any atom is -0.497 e. The van der Waals surface area contributed by atoms with Crippen molar-refractivity contribution in [2.45, 2.75) is 30.4 Å². The average Bonchev–Trinajstić information content (AvgIpc) is 3.46. The van der Waals surface area contributed by atoms with E-state index in [1.165, 1.54) is 26.4 Å². The maximum atomic E-state index is 13.1. The molecule has 27 heavy (non-hydrogen) atoms. The second-order valence-electron chi connectivity index (χ2n) is 6.45. The Hall–Kier alpha value is -2.74. The summed E-state index contributed by atoms with van der Waals surface area (Å²) in [6.07, 6.45) is 2.13.